The smallest absolute Gasteiger partial charge is 0.319 e. The Labute approximate surface area is 244 Å². The molecule has 41 heavy (non-hydrogen) atoms. The summed E-state index contributed by atoms with van der Waals surface area (Å²) in [5, 5.41) is 8.12. The van der Waals surface area contributed by atoms with Gasteiger partial charge in [-0.2, -0.15) is 0 Å². The third kappa shape index (κ3) is 9.26. The number of hydrogen-bond donors (Lipinski definition) is 2. The van der Waals surface area contributed by atoms with Crippen molar-refractivity contribution in [1.82, 2.24) is 10.2 Å². The van der Waals surface area contributed by atoms with Crippen molar-refractivity contribution in [2.75, 3.05) is 44.8 Å². The van der Waals surface area contributed by atoms with E-state index in [0.717, 1.165) is 36.8 Å². The molecule has 4 rings (SSSR count). The highest BCUT2D eigenvalue weighted by molar-refractivity contribution is 6.74. The number of hydrogen-bond acceptors (Lipinski definition) is 5. The number of fused-ring (bicyclic) bond motifs is 1. The highest BCUT2D eigenvalue weighted by Gasteiger charge is 2.36. The first kappa shape index (κ1) is 31.0. The predicted molar refractivity (Wildman–Crippen MR) is 166 cm³/mol. The lowest BCUT2D eigenvalue weighted by molar-refractivity contribution is 0.0730. The maximum absolute atomic E-state index is 13.5. The Morgan fingerprint density at radius 1 is 1.00 bits per heavy atom. The maximum Gasteiger partial charge on any atom is 0.319 e. The summed E-state index contributed by atoms with van der Waals surface area (Å²) in [4.78, 5) is 15.0. The van der Waals surface area contributed by atoms with Crippen LogP contribution in [0.2, 0.25) is 18.1 Å². The highest BCUT2D eigenvalue weighted by atomic mass is 28.4. The van der Waals surface area contributed by atoms with E-state index < -0.39 is 8.32 Å². The fourth-order valence-electron chi connectivity index (χ4n) is 4.63. The summed E-state index contributed by atoms with van der Waals surface area (Å²) in [5.41, 5.74) is 1.85. The Kier molecular flexibility index (Phi) is 10.4. The van der Waals surface area contributed by atoms with Crippen LogP contribution in [0, 0.1) is 5.82 Å². The van der Waals surface area contributed by atoms with E-state index in [2.05, 4.69) is 55.5 Å². The summed E-state index contributed by atoms with van der Waals surface area (Å²) < 4.78 is 31.1. The zero-order valence-electron chi connectivity index (χ0n) is 25.0. The largest absolute Gasteiger partial charge is 0.491 e. The van der Waals surface area contributed by atoms with Gasteiger partial charge in [-0.15, -0.1) is 0 Å². The first-order valence-electron chi connectivity index (χ1n) is 14.4. The summed E-state index contributed by atoms with van der Waals surface area (Å²) in [6.07, 6.45) is 0.885. The number of benzene rings is 3. The monoisotopic (exact) mass is 581 g/mol. The molecule has 7 nitrogen and oxygen atoms in total. The standard InChI is InChI=1S/C32H44FN3O4Si/c1-32(2,3)41(4,5)40-18-16-38-15-17-39-30-8-6-7-28(21-30)34-31(37)35-29-13-14-36(23-29)22-24-9-10-26-20-27(33)12-11-25(26)19-24/h6-12,19-21,29H,13-18,22-23H2,1-5H3,(H2,34,35,37)/t29-/m1/s1. The Morgan fingerprint density at radius 3 is 2.56 bits per heavy atom. The number of amides is 2. The van der Waals surface area contributed by atoms with Crippen LogP contribution < -0.4 is 15.4 Å². The highest BCUT2D eigenvalue weighted by Crippen LogP contribution is 2.36. The van der Waals surface area contributed by atoms with Gasteiger partial charge in [-0.25, -0.2) is 9.18 Å². The number of rotatable bonds is 12. The SMILES string of the molecule is CC(C)(C)[Si](C)(C)OCCOCCOc1cccc(NC(=O)N[C@@H]2CCN(Cc3ccc4cc(F)ccc4c3)C2)c1. The van der Waals surface area contributed by atoms with Gasteiger partial charge in [0.25, 0.3) is 0 Å². The zero-order valence-corrected chi connectivity index (χ0v) is 26.0. The van der Waals surface area contributed by atoms with E-state index in [9.17, 15) is 9.18 Å². The van der Waals surface area contributed by atoms with Crippen LogP contribution in [0.15, 0.2) is 60.7 Å². The molecule has 1 fully saturated rings. The normalized spacial score (nSPS) is 16.2. The number of carbonyl (C=O) groups is 1. The second-order valence-electron chi connectivity index (χ2n) is 12.2. The van der Waals surface area contributed by atoms with Crippen molar-refractivity contribution in [1.29, 1.82) is 0 Å². The Balaban J connectivity index is 1.14. The fraction of sp³-hybridized carbons (Fsp3) is 0.469. The van der Waals surface area contributed by atoms with Gasteiger partial charge in [-0.3, -0.25) is 4.90 Å². The van der Waals surface area contributed by atoms with Crippen molar-refractivity contribution in [3.63, 3.8) is 0 Å². The average molecular weight is 582 g/mol. The number of nitrogens with one attached hydrogen (secondary N) is 2. The number of halogens is 1. The number of carbonyl (C=O) groups excluding carboxylic acids is 1. The molecule has 222 valence electrons. The van der Waals surface area contributed by atoms with Crippen LogP contribution in [-0.4, -0.2) is 64.8 Å². The minimum absolute atomic E-state index is 0.0711. The first-order valence-corrected chi connectivity index (χ1v) is 17.3. The van der Waals surface area contributed by atoms with Gasteiger partial charge in [0.1, 0.15) is 18.2 Å². The first-order chi connectivity index (χ1) is 19.5. The lowest BCUT2D eigenvalue weighted by atomic mass is 10.1. The molecule has 9 heteroatoms. The van der Waals surface area contributed by atoms with E-state index in [1.807, 2.05) is 42.5 Å². The van der Waals surface area contributed by atoms with E-state index in [-0.39, 0.29) is 22.9 Å². The van der Waals surface area contributed by atoms with Crippen LogP contribution in [0.1, 0.15) is 32.8 Å². The third-order valence-electron chi connectivity index (χ3n) is 7.97. The van der Waals surface area contributed by atoms with Gasteiger partial charge >= 0.3 is 6.03 Å². The predicted octanol–water partition coefficient (Wildman–Crippen LogP) is 6.79. The van der Waals surface area contributed by atoms with Crippen LogP contribution >= 0.6 is 0 Å². The number of anilines is 1. The molecule has 0 aliphatic carbocycles. The topological polar surface area (TPSA) is 72.1 Å². The van der Waals surface area contributed by atoms with Gasteiger partial charge in [-0.1, -0.05) is 45.0 Å². The molecular weight excluding hydrogens is 537 g/mol. The van der Waals surface area contributed by atoms with Gasteiger partial charge in [0.15, 0.2) is 8.32 Å². The fourth-order valence-corrected chi connectivity index (χ4v) is 5.65. The van der Waals surface area contributed by atoms with Crippen LogP contribution in [0.25, 0.3) is 10.8 Å². The van der Waals surface area contributed by atoms with Crippen molar-refractivity contribution in [3.05, 3.63) is 72.0 Å². The van der Waals surface area contributed by atoms with E-state index >= 15 is 0 Å². The Morgan fingerprint density at radius 2 is 1.76 bits per heavy atom. The van der Waals surface area contributed by atoms with Gasteiger partial charge in [0.05, 0.1) is 19.8 Å². The molecule has 1 aliphatic heterocycles. The van der Waals surface area contributed by atoms with Crippen molar-refractivity contribution < 1.29 is 23.1 Å². The maximum atomic E-state index is 13.5. The molecule has 0 bridgehead atoms. The van der Waals surface area contributed by atoms with Crippen LogP contribution in [0.4, 0.5) is 14.9 Å². The van der Waals surface area contributed by atoms with E-state index in [4.69, 9.17) is 13.9 Å². The molecule has 1 heterocycles. The Bertz CT molecular complexity index is 1310. The molecule has 1 atom stereocenters. The van der Waals surface area contributed by atoms with Crippen LogP contribution in [0.3, 0.4) is 0 Å². The third-order valence-corrected chi connectivity index (χ3v) is 12.5. The van der Waals surface area contributed by atoms with Crippen LogP contribution in [-0.2, 0) is 15.7 Å². The van der Waals surface area contributed by atoms with E-state index in [1.54, 1.807) is 6.07 Å². The molecule has 1 aliphatic rings. The summed E-state index contributed by atoms with van der Waals surface area (Å²) in [7, 11) is -1.75. The molecule has 1 saturated heterocycles. The van der Waals surface area contributed by atoms with Gasteiger partial charge in [-0.05, 0) is 71.2 Å². The molecule has 2 amide bonds. The zero-order chi connectivity index (χ0) is 29.5. The summed E-state index contributed by atoms with van der Waals surface area (Å²) >= 11 is 0. The van der Waals surface area contributed by atoms with Gasteiger partial charge < -0.3 is 24.5 Å². The summed E-state index contributed by atoms with van der Waals surface area (Å²) in [6, 6.07) is 18.2. The van der Waals surface area contributed by atoms with Gasteiger partial charge in [0, 0.05) is 37.4 Å². The summed E-state index contributed by atoms with van der Waals surface area (Å²) in [5.74, 6) is 0.453. The van der Waals surface area contributed by atoms with Crippen LogP contribution in [0.5, 0.6) is 5.75 Å². The molecule has 0 spiro atoms. The van der Waals surface area contributed by atoms with Crippen molar-refractivity contribution in [2.24, 2.45) is 0 Å². The molecule has 0 unspecified atom stereocenters. The lowest BCUT2D eigenvalue weighted by Gasteiger charge is -2.36. The number of likely N-dealkylation sites (tertiary alicyclic amines) is 1. The van der Waals surface area contributed by atoms with E-state index in [0.29, 0.717) is 37.9 Å². The van der Waals surface area contributed by atoms with Crippen molar-refractivity contribution >= 4 is 30.8 Å². The number of ether oxygens (including phenoxy) is 2. The lowest BCUT2D eigenvalue weighted by Crippen LogP contribution is -2.41. The van der Waals surface area contributed by atoms with Crippen molar-refractivity contribution in [3.8, 4) is 5.75 Å². The minimum Gasteiger partial charge on any atom is -0.491 e. The van der Waals surface area contributed by atoms with E-state index in [1.165, 1.54) is 11.6 Å². The molecule has 0 radical (unpaired) electrons. The molecule has 0 saturated carbocycles. The Hall–Kier alpha value is -2.98. The summed E-state index contributed by atoms with van der Waals surface area (Å²) in [6.45, 7) is 15.6. The number of nitrogens with zero attached hydrogens (tertiary/aromatic N) is 1. The second kappa shape index (κ2) is 13.8. The number of urea groups is 1. The minimum atomic E-state index is -1.75. The molecular formula is C32H44FN3O4Si. The molecule has 3 aromatic carbocycles. The van der Waals surface area contributed by atoms with Gasteiger partial charge in [0.2, 0.25) is 0 Å². The van der Waals surface area contributed by atoms with Crippen molar-refractivity contribution in [2.45, 2.75) is 57.9 Å². The molecule has 2 N–H and O–H groups in total. The average Bonchev–Trinajstić information content (AvgIpc) is 3.34. The molecule has 3 aromatic rings. The quantitative estimate of drug-likeness (QED) is 0.182. The second-order valence-corrected chi connectivity index (χ2v) is 17.1. The molecule has 0 aromatic heterocycles.